The van der Waals surface area contributed by atoms with E-state index in [1.54, 1.807) is 12.1 Å². The van der Waals surface area contributed by atoms with E-state index in [1.165, 1.54) is 19.2 Å². The van der Waals surface area contributed by atoms with Crippen LogP contribution in [-0.4, -0.2) is 32.1 Å². The number of fused-ring (bicyclic) bond motifs is 1. The predicted octanol–water partition coefficient (Wildman–Crippen LogP) is 2.59. The van der Waals surface area contributed by atoms with Crippen LogP contribution < -0.4 is 15.7 Å². The normalized spacial score (nSPS) is 11.7. The molecular weight excluding hydrogens is 400 g/mol. The summed E-state index contributed by atoms with van der Waals surface area (Å²) in [5, 5.41) is 2.96. The number of carbonyl (C=O) groups is 2. The molecule has 0 saturated carbocycles. The van der Waals surface area contributed by atoms with E-state index in [1.807, 2.05) is 0 Å². The standard InChI is InChI=1S/C21H17F2NO6/c1-28-13-4-5-14-12(9-19(25)30-18(14)10-13)8-17(21(27)29-2)24-20(26)11-3-6-15(22)16(23)7-11/h3-7,9-10,17H,8H2,1-2H3,(H,24,26)/t17-/m1/s1. The molecule has 156 valence electrons. The van der Waals surface area contributed by atoms with E-state index in [2.05, 4.69) is 5.32 Å². The van der Waals surface area contributed by atoms with Crippen LogP contribution in [0.5, 0.6) is 5.75 Å². The van der Waals surface area contributed by atoms with Gasteiger partial charge in [-0.1, -0.05) is 0 Å². The van der Waals surface area contributed by atoms with Crippen LogP contribution in [0.1, 0.15) is 15.9 Å². The number of ether oxygens (including phenoxy) is 2. The fraction of sp³-hybridized carbons (Fsp3) is 0.190. The average Bonchev–Trinajstić information content (AvgIpc) is 2.73. The van der Waals surface area contributed by atoms with Crippen molar-refractivity contribution < 1.29 is 32.3 Å². The summed E-state index contributed by atoms with van der Waals surface area (Å²) in [5.74, 6) is -3.41. The number of methoxy groups -OCH3 is 2. The van der Waals surface area contributed by atoms with Crippen LogP contribution in [-0.2, 0) is 16.0 Å². The Kier molecular flexibility index (Phi) is 6.10. The number of nitrogens with one attached hydrogen (secondary N) is 1. The van der Waals surface area contributed by atoms with Gasteiger partial charge in [-0.3, -0.25) is 4.79 Å². The Morgan fingerprint density at radius 2 is 1.83 bits per heavy atom. The Hall–Kier alpha value is -3.75. The van der Waals surface area contributed by atoms with E-state index < -0.39 is 35.2 Å². The van der Waals surface area contributed by atoms with Gasteiger partial charge >= 0.3 is 11.6 Å². The molecule has 1 aromatic heterocycles. The summed E-state index contributed by atoms with van der Waals surface area (Å²) in [5.41, 5.74) is -0.163. The Labute approximate surface area is 169 Å². The van der Waals surface area contributed by atoms with Crippen molar-refractivity contribution in [3.8, 4) is 5.75 Å². The lowest BCUT2D eigenvalue weighted by Crippen LogP contribution is -2.43. The molecule has 0 bridgehead atoms. The fourth-order valence-electron chi connectivity index (χ4n) is 2.94. The molecule has 0 aliphatic heterocycles. The highest BCUT2D eigenvalue weighted by molar-refractivity contribution is 5.97. The van der Waals surface area contributed by atoms with Crippen LogP contribution in [0.15, 0.2) is 51.7 Å². The van der Waals surface area contributed by atoms with E-state index in [0.717, 1.165) is 25.3 Å². The molecule has 1 heterocycles. The minimum absolute atomic E-state index is 0.101. The summed E-state index contributed by atoms with van der Waals surface area (Å²) in [7, 11) is 2.60. The molecule has 7 nitrogen and oxygen atoms in total. The third kappa shape index (κ3) is 4.45. The van der Waals surface area contributed by atoms with Gasteiger partial charge in [-0.2, -0.15) is 0 Å². The lowest BCUT2D eigenvalue weighted by molar-refractivity contribution is -0.142. The number of hydrogen-bond donors (Lipinski definition) is 1. The van der Waals surface area contributed by atoms with Gasteiger partial charge in [0.1, 0.15) is 17.4 Å². The second-order valence-electron chi connectivity index (χ2n) is 6.33. The number of amides is 1. The van der Waals surface area contributed by atoms with Gasteiger partial charge in [0.05, 0.1) is 14.2 Å². The second-order valence-corrected chi connectivity index (χ2v) is 6.33. The summed E-state index contributed by atoms with van der Waals surface area (Å²) in [6.07, 6.45) is -0.101. The number of hydrogen-bond acceptors (Lipinski definition) is 6. The highest BCUT2D eigenvalue weighted by Gasteiger charge is 2.24. The topological polar surface area (TPSA) is 94.8 Å². The van der Waals surface area contributed by atoms with Crippen molar-refractivity contribution >= 4 is 22.8 Å². The molecule has 3 aromatic rings. The maximum absolute atomic E-state index is 13.4. The van der Waals surface area contributed by atoms with Gasteiger partial charge in [0.25, 0.3) is 5.91 Å². The molecule has 1 amide bonds. The molecule has 0 saturated heterocycles. The molecule has 9 heteroatoms. The van der Waals surface area contributed by atoms with Crippen LogP contribution in [0.4, 0.5) is 8.78 Å². The quantitative estimate of drug-likeness (QED) is 0.489. The first-order chi connectivity index (χ1) is 14.3. The average molecular weight is 417 g/mol. The zero-order chi connectivity index (χ0) is 21.8. The number of carbonyl (C=O) groups excluding carboxylic acids is 2. The van der Waals surface area contributed by atoms with Crippen molar-refractivity contribution in [2.75, 3.05) is 14.2 Å². The summed E-state index contributed by atoms with van der Waals surface area (Å²) in [6, 6.07) is 7.44. The number of benzene rings is 2. The molecule has 0 spiro atoms. The van der Waals surface area contributed by atoms with Gasteiger partial charge in [0, 0.05) is 29.5 Å². The van der Waals surface area contributed by atoms with E-state index in [-0.39, 0.29) is 17.6 Å². The van der Waals surface area contributed by atoms with E-state index in [4.69, 9.17) is 13.9 Å². The molecule has 0 fully saturated rings. The molecule has 1 N–H and O–H groups in total. The fourth-order valence-corrected chi connectivity index (χ4v) is 2.94. The number of halogens is 2. The molecule has 0 aliphatic rings. The Balaban J connectivity index is 1.93. The van der Waals surface area contributed by atoms with Gasteiger partial charge in [0.15, 0.2) is 11.6 Å². The molecule has 0 unspecified atom stereocenters. The van der Waals surface area contributed by atoms with E-state index in [9.17, 15) is 23.2 Å². The summed E-state index contributed by atoms with van der Waals surface area (Å²) in [4.78, 5) is 36.6. The largest absolute Gasteiger partial charge is 0.497 e. The maximum Gasteiger partial charge on any atom is 0.336 e. The minimum Gasteiger partial charge on any atom is -0.497 e. The molecule has 30 heavy (non-hydrogen) atoms. The van der Waals surface area contributed by atoms with Crippen LogP contribution in [0, 0.1) is 11.6 Å². The van der Waals surface area contributed by atoms with Crippen LogP contribution >= 0.6 is 0 Å². The van der Waals surface area contributed by atoms with Crippen molar-refractivity contribution in [1.82, 2.24) is 5.32 Å². The zero-order valence-electron chi connectivity index (χ0n) is 16.0. The third-order valence-electron chi connectivity index (χ3n) is 4.43. The minimum atomic E-state index is -1.20. The van der Waals surface area contributed by atoms with Crippen LogP contribution in [0.3, 0.4) is 0 Å². The second kappa shape index (κ2) is 8.73. The van der Waals surface area contributed by atoms with Crippen molar-refractivity contribution in [2.45, 2.75) is 12.5 Å². The molecule has 0 aliphatic carbocycles. The molecular formula is C21H17F2NO6. The summed E-state index contributed by atoms with van der Waals surface area (Å²) in [6.45, 7) is 0. The van der Waals surface area contributed by atoms with Gasteiger partial charge in [-0.15, -0.1) is 0 Å². The summed E-state index contributed by atoms with van der Waals surface area (Å²) < 4.78 is 41.5. The third-order valence-corrected chi connectivity index (χ3v) is 4.43. The number of rotatable bonds is 6. The highest BCUT2D eigenvalue weighted by atomic mass is 19.2. The molecule has 0 radical (unpaired) electrons. The molecule has 1 atom stereocenters. The SMILES string of the molecule is COC(=O)[C@@H](Cc1cc(=O)oc2cc(OC)ccc12)NC(=O)c1ccc(F)c(F)c1. The van der Waals surface area contributed by atoms with Crippen LogP contribution in [0.2, 0.25) is 0 Å². The van der Waals surface area contributed by atoms with Gasteiger partial charge < -0.3 is 19.2 Å². The monoisotopic (exact) mass is 417 g/mol. The predicted molar refractivity (Wildman–Crippen MR) is 102 cm³/mol. The van der Waals surface area contributed by atoms with Crippen LogP contribution in [0.25, 0.3) is 11.0 Å². The first-order valence-corrected chi connectivity index (χ1v) is 8.77. The molecule has 2 aromatic carbocycles. The van der Waals surface area contributed by atoms with Gasteiger partial charge in [0.2, 0.25) is 0 Å². The first kappa shape index (κ1) is 21.0. The smallest absolute Gasteiger partial charge is 0.336 e. The maximum atomic E-state index is 13.4. The molecule has 3 rings (SSSR count). The van der Waals surface area contributed by atoms with E-state index in [0.29, 0.717) is 16.7 Å². The van der Waals surface area contributed by atoms with Crippen molar-refractivity contribution in [3.63, 3.8) is 0 Å². The Morgan fingerprint density at radius 1 is 1.07 bits per heavy atom. The Bertz CT molecular complexity index is 1170. The highest BCUT2D eigenvalue weighted by Crippen LogP contribution is 2.23. The van der Waals surface area contributed by atoms with Crippen molar-refractivity contribution in [3.05, 3.63) is 75.6 Å². The zero-order valence-corrected chi connectivity index (χ0v) is 16.0. The van der Waals surface area contributed by atoms with Gasteiger partial charge in [-0.25, -0.2) is 18.4 Å². The Morgan fingerprint density at radius 3 is 2.50 bits per heavy atom. The van der Waals surface area contributed by atoms with Gasteiger partial charge in [-0.05, 0) is 35.9 Å². The lowest BCUT2D eigenvalue weighted by atomic mass is 10.0. The number of esters is 1. The van der Waals surface area contributed by atoms with Crippen molar-refractivity contribution in [1.29, 1.82) is 0 Å². The first-order valence-electron chi connectivity index (χ1n) is 8.77. The summed E-state index contributed by atoms with van der Waals surface area (Å²) >= 11 is 0. The van der Waals surface area contributed by atoms with Crippen molar-refractivity contribution in [2.24, 2.45) is 0 Å². The van der Waals surface area contributed by atoms with E-state index >= 15 is 0 Å². The lowest BCUT2D eigenvalue weighted by Gasteiger charge is -2.17.